The van der Waals surface area contributed by atoms with Gasteiger partial charge in [0.05, 0.1) is 5.02 Å². The maximum Gasteiger partial charge on any atom is 0.128 e. The number of nitrogens with zero attached hydrogens (tertiary/aromatic N) is 1. The first-order valence-corrected chi connectivity index (χ1v) is 7.64. The maximum absolute atomic E-state index is 6.08. The zero-order valence-electron chi connectivity index (χ0n) is 11.8. The molecule has 3 unspecified atom stereocenters. The second-order valence-electron chi connectivity index (χ2n) is 5.70. The fourth-order valence-corrected chi connectivity index (χ4v) is 3.42. The van der Waals surface area contributed by atoms with Gasteiger partial charge >= 0.3 is 0 Å². The predicted molar refractivity (Wildman–Crippen MR) is 81.2 cm³/mol. The lowest BCUT2D eigenvalue weighted by atomic mass is 9.76. The number of nitrogens with two attached hydrogens (primary N) is 1. The molecule has 1 aromatic rings. The fourth-order valence-electron chi connectivity index (χ4n) is 3.25. The van der Waals surface area contributed by atoms with Crippen molar-refractivity contribution in [2.75, 3.05) is 12.3 Å². The van der Waals surface area contributed by atoms with Gasteiger partial charge in [0.2, 0.25) is 0 Å². The highest BCUT2D eigenvalue weighted by Gasteiger charge is 2.28. The first-order valence-electron chi connectivity index (χ1n) is 7.26. The molecule has 0 saturated heterocycles. The molecule has 2 rings (SSSR count). The van der Waals surface area contributed by atoms with Crippen LogP contribution in [0.4, 0.5) is 5.82 Å². The monoisotopic (exact) mass is 281 g/mol. The number of pyridine rings is 1. The zero-order chi connectivity index (χ0) is 13.8. The first kappa shape index (κ1) is 14.6. The molecular weight excluding hydrogens is 258 g/mol. The quantitative estimate of drug-likeness (QED) is 0.883. The topological polar surface area (TPSA) is 50.9 Å². The van der Waals surface area contributed by atoms with Crippen LogP contribution in [-0.2, 0) is 0 Å². The summed E-state index contributed by atoms with van der Waals surface area (Å²) in [5.74, 6) is 2.04. The Kier molecular flexibility index (Phi) is 5.06. The van der Waals surface area contributed by atoms with Crippen molar-refractivity contribution in [2.45, 2.75) is 45.6 Å². The van der Waals surface area contributed by atoms with Crippen molar-refractivity contribution in [3.8, 4) is 0 Å². The normalized spacial score (nSPS) is 25.2. The van der Waals surface area contributed by atoms with Gasteiger partial charge < -0.3 is 11.1 Å². The zero-order valence-corrected chi connectivity index (χ0v) is 12.6. The molecule has 3 N–H and O–H groups in total. The third-order valence-electron chi connectivity index (χ3n) is 4.12. The van der Waals surface area contributed by atoms with E-state index in [0.717, 1.165) is 18.0 Å². The molecular formula is C15H24ClN3. The van der Waals surface area contributed by atoms with E-state index in [9.17, 15) is 0 Å². The molecule has 1 aliphatic rings. The van der Waals surface area contributed by atoms with E-state index in [-0.39, 0.29) is 6.04 Å². The molecule has 4 heteroatoms. The molecule has 3 nitrogen and oxygen atoms in total. The van der Waals surface area contributed by atoms with Crippen LogP contribution >= 0.6 is 11.6 Å². The van der Waals surface area contributed by atoms with Crippen molar-refractivity contribution >= 4 is 17.4 Å². The summed E-state index contributed by atoms with van der Waals surface area (Å²) in [4.78, 5) is 4.20. The molecule has 0 aliphatic heterocycles. The van der Waals surface area contributed by atoms with E-state index in [4.69, 9.17) is 17.3 Å². The summed E-state index contributed by atoms with van der Waals surface area (Å²) in [5, 5.41) is 4.24. The Balaban J connectivity index is 2.25. The van der Waals surface area contributed by atoms with Crippen LogP contribution in [-0.4, -0.2) is 11.5 Å². The minimum Gasteiger partial charge on any atom is -0.383 e. The van der Waals surface area contributed by atoms with Gasteiger partial charge in [-0.2, -0.15) is 0 Å². The second-order valence-corrected chi connectivity index (χ2v) is 6.13. The van der Waals surface area contributed by atoms with Crippen LogP contribution in [0.3, 0.4) is 0 Å². The van der Waals surface area contributed by atoms with Crippen molar-refractivity contribution in [3.05, 3.63) is 22.8 Å². The van der Waals surface area contributed by atoms with E-state index in [1.807, 2.05) is 6.07 Å². The predicted octanol–water partition coefficient (Wildman–Crippen LogP) is 3.79. The van der Waals surface area contributed by atoms with Gasteiger partial charge in [0.1, 0.15) is 5.82 Å². The molecule has 19 heavy (non-hydrogen) atoms. The third kappa shape index (κ3) is 3.61. The number of nitrogens with one attached hydrogen (secondary N) is 1. The number of nitrogen functional groups attached to an aromatic ring is 1. The minimum absolute atomic E-state index is 0.277. The van der Waals surface area contributed by atoms with Gasteiger partial charge in [-0.15, -0.1) is 0 Å². The minimum atomic E-state index is 0.277. The highest BCUT2D eigenvalue weighted by molar-refractivity contribution is 6.30. The Morgan fingerprint density at radius 3 is 3.00 bits per heavy atom. The molecule has 1 aliphatic carbocycles. The molecule has 0 radical (unpaired) electrons. The lowest BCUT2D eigenvalue weighted by molar-refractivity contribution is 0.225. The average molecular weight is 282 g/mol. The van der Waals surface area contributed by atoms with Gasteiger partial charge in [-0.25, -0.2) is 4.98 Å². The number of halogens is 1. The van der Waals surface area contributed by atoms with Crippen molar-refractivity contribution in [1.29, 1.82) is 0 Å². The highest BCUT2D eigenvalue weighted by atomic mass is 35.5. The van der Waals surface area contributed by atoms with Crippen LogP contribution in [0.15, 0.2) is 12.3 Å². The summed E-state index contributed by atoms with van der Waals surface area (Å²) in [6.07, 6.45) is 6.78. The maximum atomic E-state index is 6.08. The molecule has 1 aromatic heterocycles. The fraction of sp³-hybridized carbons (Fsp3) is 0.667. The summed E-state index contributed by atoms with van der Waals surface area (Å²) >= 11 is 6.08. The number of hydrogen-bond donors (Lipinski definition) is 2. The number of aromatic nitrogens is 1. The van der Waals surface area contributed by atoms with E-state index in [2.05, 4.69) is 24.1 Å². The van der Waals surface area contributed by atoms with Crippen molar-refractivity contribution in [1.82, 2.24) is 10.3 Å². The van der Waals surface area contributed by atoms with E-state index < -0.39 is 0 Å². The first-order chi connectivity index (χ1) is 9.11. The summed E-state index contributed by atoms with van der Waals surface area (Å²) in [5.41, 5.74) is 7.12. The second kappa shape index (κ2) is 6.58. The molecule has 1 heterocycles. The lowest BCUT2D eigenvalue weighted by Gasteiger charge is -2.34. The van der Waals surface area contributed by atoms with Gasteiger partial charge in [0.15, 0.2) is 0 Å². The number of rotatable bonds is 4. The van der Waals surface area contributed by atoms with Crippen LogP contribution in [0.2, 0.25) is 5.02 Å². The smallest absolute Gasteiger partial charge is 0.128 e. The van der Waals surface area contributed by atoms with Crippen LogP contribution in [0.25, 0.3) is 0 Å². The Morgan fingerprint density at radius 2 is 2.32 bits per heavy atom. The van der Waals surface area contributed by atoms with Crippen molar-refractivity contribution < 1.29 is 0 Å². The van der Waals surface area contributed by atoms with Gasteiger partial charge in [0, 0.05) is 17.8 Å². The average Bonchev–Trinajstić information content (AvgIpc) is 2.39. The van der Waals surface area contributed by atoms with Gasteiger partial charge in [-0.05, 0) is 37.3 Å². The lowest BCUT2D eigenvalue weighted by Crippen LogP contribution is -2.32. The van der Waals surface area contributed by atoms with E-state index in [0.29, 0.717) is 16.8 Å². The molecule has 0 aromatic carbocycles. The standard InChI is InChI=1S/C15H24ClN3/c1-3-18-14(11-6-4-5-10(2)7-11)13-8-12(16)9-19-15(13)17/h8-11,14,18H,3-7H2,1-2H3,(H2,17,19). The Morgan fingerprint density at radius 1 is 1.53 bits per heavy atom. The van der Waals surface area contributed by atoms with Crippen LogP contribution in [0.5, 0.6) is 0 Å². The van der Waals surface area contributed by atoms with E-state index in [1.54, 1.807) is 6.20 Å². The van der Waals surface area contributed by atoms with Crippen LogP contribution < -0.4 is 11.1 Å². The van der Waals surface area contributed by atoms with E-state index in [1.165, 1.54) is 25.7 Å². The SMILES string of the molecule is CCNC(c1cc(Cl)cnc1N)C1CCCC(C)C1. The highest BCUT2D eigenvalue weighted by Crippen LogP contribution is 2.38. The van der Waals surface area contributed by atoms with Gasteiger partial charge in [-0.1, -0.05) is 38.3 Å². The summed E-state index contributed by atoms with van der Waals surface area (Å²) in [6, 6.07) is 2.25. The molecule has 106 valence electrons. The number of anilines is 1. The molecule has 0 amide bonds. The van der Waals surface area contributed by atoms with Gasteiger partial charge in [-0.3, -0.25) is 0 Å². The molecule has 0 bridgehead atoms. The van der Waals surface area contributed by atoms with Crippen LogP contribution in [0, 0.1) is 11.8 Å². The molecule has 0 spiro atoms. The number of hydrogen-bond acceptors (Lipinski definition) is 3. The Bertz CT molecular complexity index is 422. The van der Waals surface area contributed by atoms with Crippen LogP contribution in [0.1, 0.15) is 51.1 Å². The largest absolute Gasteiger partial charge is 0.383 e. The van der Waals surface area contributed by atoms with Crippen molar-refractivity contribution in [3.63, 3.8) is 0 Å². The Hall–Kier alpha value is -0.800. The van der Waals surface area contributed by atoms with Gasteiger partial charge in [0.25, 0.3) is 0 Å². The van der Waals surface area contributed by atoms with E-state index >= 15 is 0 Å². The summed E-state index contributed by atoms with van der Waals surface area (Å²) in [7, 11) is 0. The Labute approximate surface area is 120 Å². The van der Waals surface area contributed by atoms with Crippen molar-refractivity contribution in [2.24, 2.45) is 11.8 Å². The summed E-state index contributed by atoms with van der Waals surface area (Å²) < 4.78 is 0. The third-order valence-corrected chi connectivity index (χ3v) is 4.33. The molecule has 1 saturated carbocycles. The summed E-state index contributed by atoms with van der Waals surface area (Å²) in [6.45, 7) is 5.41. The molecule has 3 atom stereocenters. The molecule has 1 fully saturated rings.